The highest BCUT2D eigenvalue weighted by molar-refractivity contribution is 7.92. The molecule has 0 aliphatic carbocycles. The van der Waals surface area contributed by atoms with Crippen molar-refractivity contribution >= 4 is 27.5 Å². The fraction of sp³-hybridized carbons (Fsp3) is 0.481. The van der Waals surface area contributed by atoms with Crippen LogP contribution in [0.4, 0.5) is 5.69 Å². The van der Waals surface area contributed by atoms with E-state index in [0.717, 1.165) is 11.8 Å². The molecular formula is C27H39N3O6S. The molecule has 0 fully saturated rings. The highest BCUT2D eigenvalue weighted by atomic mass is 32.2. The van der Waals surface area contributed by atoms with Gasteiger partial charge < -0.3 is 19.7 Å². The number of methoxy groups -OCH3 is 2. The number of hydrogen-bond acceptors (Lipinski definition) is 6. The first-order valence-corrected chi connectivity index (χ1v) is 14.2. The normalized spacial score (nSPS) is 12.1. The Labute approximate surface area is 220 Å². The minimum atomic E-state index is -3.57. The first-order valence-electron chi connectivity index (χ1n) is 12.3. The molecule has 37 heavy (non-hydrogen) atoms. The zero-order chi connectivity index (χ0) is 27.6. The molecule has 0 spiro atoms. The lowest BCUT2D eigenvalue weighted by molar-refractivity contribution is -0.141. The Balaban J connectivity index is 2.21. The summed E-state index contributed by atoms with van der Waals surface area (Å²) in [5.74, 6) is 0.887. The second-order valence-corrected chi connectivity index (χ2v) is 11.0. The Bertz CT molecular complexity index is 1120. The van der Waals surface area contributed by atoms with Crippen molar-refractivity contribution in [2.24, 2.45) is 0 Å². The molecule has 1 N–H and O–H groups in total. The summed E-state index contributed by atoms with van der Waals surface area (Å²) < 4.78 is 36.6. The number of carbonyl (C=O) groups is 2. The molecule has 0 aliphatic heterocycles. The van der Waals surface area contributed by atoms with Gasteiger partial charge in [0.15, 0.2) is 0 Å². The van der Waals surface area contributed by atoms with Crippen LogP contribution in [0, 0.1) is 0 Å². The summed E-state index contributed by atoms with van der Waals surface area (Å²) in [6, 6.07) is 13.3. The lowest BCUT2D eigenvalue weighted by atomic mass is 10.1. The number of rotatable bonds is 14. The Morgan fingerprint density at radius 1 is 0.946 bits per heavy atom. The molecule has 0 heterocycles. The number of anilines is 1. The molecule has 10 heteroatoms. The van der Waals surface area contributed by atoms with Crippen molar-refractivity contribution in [2.45, 2.75) is 58.7 Å². The molecule has 1 atom stereocenters. The topological polar surface area (TPSA) is 105 Å². The van der Waals surface area contributed by atoms with Crippen LogP contribution in [-0.4, -0.2) is 64.2 Å². The Kier molecular flexibility index (Phi) is 11.2. The van der Waals surface area contributed by atoms with E-state index in [4.69, 9.17) is 9.47 Å². The quantitative estimate of drug-likeness (QED) is 0.398. The summed E-state index contributed by atoms with van der Waals surface area (Å²) in [7, 11) is -0.445. The number of amides is 2. The molecule has 2 aromatic carbocycles. The second kappa shape index (κ2) is 13.9. The highest BCUT2D eigenvalue weighted by Gasteiger charge is 2.29. The Morgan fingerprint density at radius 3 is 1.95 bits per heavy atom. The van der Waals surface area contributed by atoms with Crippen molar-refractivity contribution < 1.29 is 27.5 Å². The maximum Gasteiger partial charge on any atom is 0.243 e. The summed E-state index contributed by atoms with van der Waals surface area (Å²) in [6.07, 6.45) is 1.96. The third-order valence-corrected chi connectivity index (χ3v) is 7.04. The minimum absolute atomic E-state index is 0.0627. The lowest BCUT2D eigenvalue weighted by Crippen LogP contribution is -2.50. The summed E-state index contributed by atoms with van der Waals surface area (Å²) in [5.41, 5.74) is 1.36. The fourth-order valence-electron chi connectivity index (χ4n) is 3.98. The van der Waals surface area contributed by atoms with Crippen LogP contribution >= 0.6 is 0 Å². The van der Waals surface area contributed by atoms with Crippen LogP contribution in [0.15, 0.2) is 48.5 Å². The standard InChI is InChI=1S/C27H39N3O6S/c1-7-25(27(32)28-20(2)3)29(19-21-10-14-23(35-4)15-11-21)26(31)9-8-18-30(37(6,33)34)22-12-16-24(36-5)17-13-22/h10-17,20,25H,7-9,18-19H2,1-6H3,(H,28,32)/t25-/m0/s1. The van der Waals surface area contributed by atoms with Gasteiger partial charge >= 0.3 is 0 Å². The van der Waals surface area contributed by atoms with Crippen molar-refractivity contribution in [1.29, 1.82) is 0 Å². The molecule has 0 bridgehead atoms. The van der Waals surface area contributed by atoms with Crippen LogP contribution in [-0.2, 0) is 26.2 Å². The second-order valence-electron chi connectivity index (χ2n) is 9.09. The number of sulfonamides is 1. The van der Waals surface area contributed by atoms with Gasteiger partial charge in [-0.15, -0.1) is 0 Å². The van der Waals surface area contributed by atoms with Crippen LogP contribution in [0.5, 0.6) is 11.5 Å². The third-order valence-electron chi connectivity index (χ3n) is 5.84. The van der Waals surface area contributed by atoms with E-state index >= 15 is 0 Å². The van der Waals surface area contributed by atoms with Crippen molar-refractivity contribution in [3.63, 3.8) is 0 Å². The number of ether oxygens (including phenoxy) is 2. The van der Waals surface area contributed by atoms with Gasteiger partial charge in [0.1, 0.15) is 17.5 Å². The predicted molar refractivity (Wildman–Crippen MR) is 145 cm³/mol. The van der Waals surface area contributed by atoms with Gasteiger partial charge in [-0.2, -0.15) is 0 Å². The van der Waals surface area contributed by atoms with Crippen LogP contribution in [0.1, 0.15) is 45.6 Å². The average Bonchev–Trinajstić information content (AvgIpc) is 2.85. The highest BCUT2D eigenvalue weighted by Crippen LogP contribution is 2.23. The SMILES string of the molecule is CC[C@@H](C(=O)NC(C)C)N(Cc1ccc(OC)cc1)C(=O)CCCN(c1ccc(OC)cc1)S(C)(=O)=O. The molecule has 204 valence electrons. The predicted octanol–water partition coefficient (Wildman–Crippen LogP) is 3.58. The zero-order valence-electron chi connectivity index (χ0n) is 22.6. The largest absolute Gasteiger partial charge is 0.497 e. The van der Waals surface area contributed by atoms with Gasteiger partial charge in [-0.1, -0.05) is 19.1 Å². The van der Waals surface area contributed by atoms with Gasteiger partial charge in [0.05, 0.1) is 26.2 Å². The average molecular weight is 534 g/mol. The fourth-order valence-corrected chi connectivity index (χ4v) is 4.95. The molecule has 0 saturated heterocycles. The Morgan fingerprint density at radius 2 is 1.49 bits per heavy atom. The van der Waals surface area contributed by atoms with Gasteiger partial charge in [-0.3, -0.25) is 13.9 Å². The molecule has 0 radical (unpaired) electrons. The summed E-state index contributed by atoms with van der Waals surface area (Å²) in [5, 5.41) is 2.91. The van der Waals surface area contributed by atoms with Gasteiger partial charge in [0.2, 0.25) is 21.8 Å². The zero-order valence-corrected chi connectivity index (χ0v) is 23.4. The van der Waals surface area contributed by atoms with Crippen LogP contribution < -0.4 is 19.1 Å². The summed E-state index contributed by atoms with van der Waals surface area (Å²) in [6.45, 7) is 6.00. The van der Waals surface area contributed by atoms with E-state index in [0.29, 0.717) is 30.0 Å². The smallest absolute Gasteiger partial charge is 0.243 e. The number of benzene rings is 2. The molecule has 0 aliphatic rings. The van der Waals surface area contributed by atoms with Crippen LogP contribution in [0.3, 0.4) is 0 Å². The molecule has 2 amide bonds. The van der Waals surface area contributed by atoms with E-state index in [9.17, 15) is 18.0 Å². The van der Waals surface area contributed by atoms with E-state index in [1.807, 2.05) is 45.0 Å². The first-order chi connectivity index (χ1) is 17.5. The molecule has 0 saturated carbocycles. The Hall–Kier alpha value is -3.27. The van der Waals surface area contributed by atoms with Gasteiger partial charge in [-0.25, -0.2) is 8.42 Å². The number of nitrogens with zero attached hydrogens (tertiary/aromatic N) is 2. The van der Waals surface area contributed by atoms with Gasteiger partial charge in [0, 0.05) is 25.6 Å². The summed E-state index contributed by atoms with van der Waals surface area (Å²) in [4.78, 5) is 28.0. The lowest BCUT2D eigenvalue weighted by Gasteiger charge is -2.31. The maximum atomic E-state index is 13.4. The molecule has 9 nitrogen and oxygen atoms in total. The monoisotopic (exact) mass is 533 g/mol. The summed E-state index contributed by atoms with van der Waals surface area (Å²) >= 11 is 0. The van der Waals surface area contributed by atoms with Crippen LogP contribution in [0.25, 0.3) is 0 Å². The maximum absolute atomic E-state index is 13.4. The van der Waals surface area contributed by atoms with Crippen molar-refractivity contribution in [3.8, 4) is 11.5 Å². The minimum Gasteiger partial charge on any atom is -0.497 e. The molecule has 2 aromatic rings. The van der Waals surface area contributed by atoms with E-state index in [1.54, 1.807) is 36.3 Å². The molecule has 0 aromatic heterocycles. The van der Waals surface area contributed by atoms with Crippen LogP contribution in [0.2, 0.25) is 0 Å². The van der Waals surface area contributed by atoms with Gasteiger partial charge in [-0.05, 0) is 68.7 Å². The first kappa shape index (κ1) is 30.0. The van der Waals surface area contributed by atoms with E-state index in [-0.39, 0.29) is 37.4 Å². The number of hydrogen-bond donors (Lipinski definition) is 1. The van der Waals surface area contributed by atoms with E-state index in [2.05, 4.69) is 5.32 Å². The number of carbonyl (C=O) groups excluding carboxylic acids is 2. The van der Waals surface area contributed by atoms with Gasteiger partial charge in [0.25, 0.3) is 0 Å². The molecular weight excluding hydrogens is 494 g/mol. The molecule has 0 unspecified atom stereocenters. The third kappa shape index (κ3) is 8.96. The van der Waals surface area contributed by atoms with Crippen molar-refractivity contribution in [1.82, 2.24) is 10.2 Å². The van der Waals surface area contributed by atoms with Crippen molar-refractivity contribution in [2.75, 3.05) is 31.3 Å². The van der Waals surface area contributed by atoms with E-state index in [1.165, 1.54) is 11.4 Å². The van der Waals surface area contributed by atoms with Crippen molar-refractivity contribution in [3.05, 3.63) is 54.1 Å². The van der Waals surface area contributed by atoms with E-state index < -0.39 is 16.1 Å². The number of nitrogens with one attached hydrogen (secondary N) is 1. The molecule has 2 rings (SSSR count).